The van der Waals surface area contributed by atoms with Gasteiger partial charge in [0, 0.05) is 12.1 Å². The molecule has 2 N–H and O–H groups in total. The number of carbonyl (C=O) groups is 2. The lowest BCUT2D eigenvalue weighted by Crippen LogP contribution is -2.37. The Hall–Kier alpha value is -1.75. The predicted octanol–water partition coefficient (Wildman–Crippen LogP) is 1.98. The maximum absolute atomic E-state index is 12.2. The number of halogens is 1. The van der Waals surface area contributed by atoms with Crippen molar-refractivity contribution in [3.63, 3.8) is 0 Å². The van der Waals surface area contributed by atoms with Crippen molar-refractivity contribution >= 4 is 23.5 Å². The van der Waals surface area contributed by atoms with E-state index in [1.54, 1.807) is 0 Å². The minimum Gasteiger partial charge on any atom is -0.506 e. The van der Waals surface area contributed by atoms with Gasteiger partial charge in [-0.2, -0.15) is 0 Å². The summed E-state index contributed by atoms with van der Waals surface area (Å²) in [6, 6.07) is 4.11. The van der Waals surface area contributed by atoms with Crippen LogP contribution in [0, 0.1) is 5.92 Å². The number of phenolic OH excluding ortho intramolecular Hbond substituents is 1. The van der Waals surface area contributed by atoms with E-state index in [-0.39, 0.29) is 28.8 Å². The number of rotatable bonds is 5. The van der Waals surface area contributed by atoms with Crippen LogP contribution >= 0.6 is 11.6 Å². The highest BCUT2D eigenvalue weighted by Crippen LogP contribution is 2.30. The quantitative estimate of drug-likeness (QED) is 0.866. The summed E-state index contributed by atoms with van der Waals surface area (Å²) in [6.45, 7) is 0.122. The molecular formula is C13H14ClNO4. The number of amides is 1. The zero-order valence-corrected chi connectivity index (χ0v) is 10.9. The van der Waals surface area contributed by atoms with Crippen LogP contribution in [0.25, 0.3) is 0 Å². The fraction of sp³-hybridized carbons (Fsp3) is 0.385. The standard InChI is InChI=1S/C13H14ClNO4/c14-10-5-9(3-4-11(10)16)13(19)15(7-12(17)18)6-8-1-2-8/h3-5,8,16H,1-2,6-7H2,(H,17,18). The SMILES string of the molecule is O=C(O)CN(CC1CC1)C(=O)c1ccc(O)c(Cl)c1. The van der Waals surface area contributed by atoms with Crippen LogP contribution in [0.3, 0.4) is 0 Å². The van der Waals surface area contributed by atoms with Crippen LogP contribution in [0.5, 0.6) is 5.75 Å². The van der Waals surface area contributed by atoms with Crippen molar-refractivity contribution in [2.45, 2.75) is 12.8 Å². The average molecular weight is 284 g/mol. The molecule has 1 aromatic rings. The molecule has 19 heavy (non-hydrogen) atoms. The minimum atomic E-state index is -1.04. The van der Waals surface area contributed by atoms with E-state index in [0.29, 0.717) is 12.5 Å². The molecule has 0 aromatic heterocycles. The molecule has 0 spiro atoms. The zero-order valence-electron chi connectivity index (χ0n) is 10.2. The van der Waals surface area contributed by atoms with E-state index in [1.807, 2.05) is 0 Å². The highest BCUT2D eigenvalue weighted by Gasteiger charge is 2.28. The van der Waals surface area contributed by atoms with Gasteiger partial charge < -0.3 is 15.1 Å². The maximum Gasteiger partial charge on any atom is 0.323 e. The molecule has 0 saturated heterocycles. The first-order chi connectivity index (χ1) is 8.97. The number of aliphatic carboxylic acids is 1. The number of nitrogens with zero attached hydrogens (tertiary/aromatic N) is 1. The van der Waals surface area contributed by atoms with E-state index in [9.17, 15) is 14.7 Å². The third-order valence-electron chi connectivity index (χ3n) is 2.98. The van der Waals surface area contributed by atoms with Crippen LogP contribution < -0.4 is 0 Å². The molecule has 0 unspecified atom stereocenters. The predicted molar refractivity (Wildman–Crippen MR) is 69.4 cm³/mol. The number of aromatic hydroxyl groups is 1. The van der Waals surface area contributed by atoms with Crippen molar-refractivity contribution in [2.24, 2.45) is 5.92 Å². The lowest BCUT2D eigenvalue weighted by Gasteiger charge is -2.20. The highest BCUT2D eigenvalue weighted by atomic mass is 35.5. The molecule has 0 aliphatic heterocycles. The van der Waals surface area contributed by atoms with Crippen LogP contribution in [-0.2, 0) is 4.79 Å². The van der Waals surface area contributed by atoms with Crippen LogP contribution in [-0.4, -0.2) is 40.1 Å². The number of carbonyl (C=O) groups excluding carboxylic acids is 1. The molecule has 1 saturated carbocycles. The normalized spacial score (nSPS) is 14.2. The molecule has 1 aromatic carbocycles. The number of hydrogen-bond acceptors (Lipinski definition) is 3. The number of carboxylic acids is 1. The highest BCUT2D eigenvalue weighted by molar-refractivity contribution is 6.32. The lowest BCUT2D eigenvalue weighted by atomic mass is 10.2. The zero-order chi connectivity index (χ0) is 14.0. The average Bonchev–Trinajstić information content (AvgIpc) is 3.14. The van der Waals surface area contributed by atoms with Gasteiger partial charge >= 0.3 is 5.97 Å². The Morgan fingerprint density at radius 2 is 2.05 bits per heavy atom. The summed E-state index contributed by atoms with van der Waals surface area (Å²) in [4.78, 5) is 24.3. The molecular weight excluding hydrogens is 270 g/mol. The molecule has 6 heteroatoms. The van der Waals surface area contributed by atoms with Crippen LogP contribution in [0.1, 0.15) is 23.2 Å². The fourth-order valence-electron chi connectivity index (χ4n) is 1.82. The first-order valence-corrected chi connectivity index (χ1v) is 6.34. The second kappa shape index (κ2) is 5.48. The molecule has 0 radical (unpaired) electrons. The van der Waals surface area contributed by atoms with Crippen molar-refractivity contribution < 1.29 is 19.8 Å². The summed E-state index contributed by atoms with van der Waals surface area (Å²) in [5.74, 6) is -1.13. The third-order valence-corrected chi connectivity index (χ3v) is 3.29. The molecule has 0 atom stereocenters. The Morgan fingerprint density at radius 3 is 2.58 bits per heavy atom. The van der Waals surface area contributed by atoms with Crippen molar-refractivity contribution in [1.29, 1.82) is 0 Å². The van der Waals surface area contributed by atoms with Crippen molar-refractivity contribution in [3.05, 3.63) is 28.8 Å². The maximum atomic E-state index is 12.2. The Balaban J connectivity index is 2.16. The first-order valence-electron chi connectivity index (χ1n) is 5.97. The van der Waals surface area contributed by atoms with Gasteiger partial charge in [-0.15, -0.1) is 0 Å². The van der Waals surface area contributed by atoms with Gasteiger partial charge in [-0.1, -0.05) is 11.6 Å². The first kappa shape index (κ1) is 13.7. The topological polar surface area (TPSA) is 77.8 Å². The third kappa shape index (κ3) is 3.61. The largest absolute Gasteiger partial charge is 0.506 e. The number of benzene rings is 1. The van der Waals surface area contributed by atoms with Gasteiger partial charge in [0.25, 0.3) is 5.91 Å². The summed E-state index contributed by atoms with van der Waals surface area (Å²) in [7, 11) is 0. The van der Waals surface area contributed by atoms with Crippen molar-refractivity contribution in [2.75, 3.05) is 13.1 Å². The van der Waals surface area contributed by atoms with E-state index < -0.39 is 5.97 Å². The smallest absolute Gasteiger partial charge is 0.323 e. The van der Waals surface area contributed by atoms with Crippen LogP contribution in [0.15, 0.2) is 18.2 Å². The monoisotopic (exact) mass is 283 g/mol. The molecule has 0 bridgehead atoms. The molecule has 2 rings (SSSR count). The van der Waals surface area contributed by atoms with E-state index >= 15 is 0 Å². The lowest BCUT2D eigenvalue weighted by molar-refractivity contribution is -0.137. The summed E-state index contributed by atoms with van der Waals surface area (Å²) in [6.07, 6.45) is 2.06. The molecule has 1 aliphatic rings. The summed E-state index contributed by atoms with van der Waals surface area (Å²) in [5.41, 5.74) is 0.282. The second-order valence-corrected chi connectivity index (χ2v) is 5.10. The van der Waals surface area contributed by atoms with Crippen LogP contribution in [0.4, 0.5) is 0 Å². The Labute approximate surface area is 115 Å². The fourth-order valence-corrected chi connectivity index (χ4v) is 2.00. The van der Waals surface area contributed by atoms with E-state index in [1.165, 1.54) is 23.1 Å². The van der Waals surface area contributed by atoms with Crippen LogP contribution in [0.2, 0.25) is 5.02 Å². The number of hydrogen-bond donors (Lipinski definition) is 2. The van der Waals surface area contributed by atoms with Gasteiger partial charge in [0.2, 0.25) is 0 Å². The molecule has 102 valence electrons. The van der Waals surface area contributed by atoms with Gasteiger partial charge in [-0.25, -0.2) is 0 Å². The summed E-state index contributed by atoms with van der Waals surface area (Å²) >= 11 is 5.75. The molecule has 1 fully saturated rings. The van der Waals surface area contributed by atoms with Gasteiger partial charge in [0.15, 0.2) is 0 Å². The van der Waals surface area contributed by atoms with Gasteiger partial charge in [-0.3, -0.25) is 9.59 Å². The van der Waals surface area contributed by atoms with Crippen molar-refractivity contribution in [1.82, 2.24) is 4.90 Å². The van der Waals surface area contributed by atoms with Gasteiger partial charge in [0.1, 0.15) is 12.3 Å². The molecule has 5 nitrogen and oxygen atoms in total. The molecule has 0 heterocycles. The Kier molecular flexibility index (Phi) is 3.95. The number of phenols is 1. The molecule has 1 amide bonds. The minimum absolute atomic E-state index is 0.0764. The van der Waals surface area contributed by atoms with E-state index in [4.69, 9.17) is 16.7 Å². The summed E-state index contributed by atoms with van der Waals surface area (Å²) in [5, 5.41) is 18.2. The van der Waals surface area contributed by atoms with Crippen molar-refractivity contribution in [3.8, 4) is 5.75 Å². The van der Waals surface area contributed by atoms with E-state index in [2.05, 4.69) is 0 Å². The van der Waals surface area contributed by atoms with Gasteiger partial charge in [-0.05, 0) is 37.0 Å². The summed E-state index contributed by atoms with van der Waals surface area (Å²) < 4.78 is 0. The van der Waals surface area contributed by atoms with Gasteiger partial charge in [0.05, 0.1) is 5.02 Å². The Morgan fingerprint density at radius 1 is 1.37 bits per heavy atom. The number of carboxylic acid groups (broad SMARTS) is 1. The second-order valence-electron chi connectivity index (χ2n) is 4.69. The Bertz CT molecular complexity index is 513. The molecule has 1 aliphatic carbocycles. The van der Waals surface area contributed by atoms with E-state index in [0.717, 1.165) is 12.8 Å².